The number of anilines is 1. The molecule has 4 heteroatoms. The lowest BCUT2D eigenvalue weighted by Crippen LogP contribution is -1.98. The fourth-order valence-corrected chi connectivity index (χ4v) is 1.06. The molecule has 80 valence electrons. The van der Waals surface area contributed by atoms with Crippen molar-refractivity contribution in [3.05, 3.63) is 29.8 Å². The first kappa shape index (κ1) is 11.1. The predicted octanol–water partition coefficient (Wildman–Crippen LogP) is 1.55. The van der Waals surface area contributed by atoms with Crippen molar-refractivity contribution in [2.24, 2.45) is 0 Å². The Hall–Kier alpha value is -1.97. The maximum absolute atomic E-state index is 11.0. The van der Waals surface area contributed by atoms with Crippen LogP contribution in [0.5, 0.6) is 5.75 Å². The largest absolute Gasteiger partial charge is 0.505 e. The summed E-state index contributed by atoms with van der Waals surface area (Å²) in [5.41, 5.74) is 6.25. The summed E-state index contributed by atoms with van der Waals surface area (Å²) >= 11 is 0. The number of hydrogen-bond donors (Lipinski definition) is 2. The molecule has 0 atom stereocenters. The molecular formula is C11H13NO3. The summed E-state index contributed by atoms with van der Waals surface area (Å²) in [4.78, 5) is 11.0. The van der Waals surface area contributed by atoms with Crippen molar-refractivity contribution in [2.45, 2.75) is 6.92 Å². The van der Waals surface area contributed by atoms with E-state index in [2.05, 4.69) is 0 Å². The summed E-state index contributed by atoms with van der Waals surface area (Å²) in [5, 5.41) is 9.51. The normalized spacial score (nSPS) is 10.5. The summed E-state index contributed by atoms with van der Waals surface area (Å²) in [7, 11) is 0. The maximum Gasteiger partial charge on any atom is 0.330 e. The molecule has 1 aromatic carbocycles. The highest BCUT2D eigenvalue weighted by molar-refractivity contribution is 5.88. The van der Waals surface area contributed by atoms with Gasteiger partial charge in [-0.25, -0.2) is 4.79 Å². The van der Waals surface area contributed by atoms with Gasteiger partial charge in [-0.15, -0.1) is 0 Å². The van der Waals surface area contributed by atoms with Crippen LogP contribution < -0.4 is 5.73 Å². The van der Waals surface area contributed by atoms with E-state index in [0.29, 0.717) is 12.2 Å². The van der Waals surface area contributed by atoms with Gasteiger partial charge < -0.3 is 15.6 Å². The third-order valence-electron chi connectivity index (χ3n) is 1.78. The van der Waals surface area contributed by atoms with Gasteiger partial charge in [0.05, 0.1) is 12.3 Å². The van der Waals surface area contributed by atoms with Crippen molar-refractivity contribution in [3.63, 3.8) is 0 Å². The van der Waals surface area contributed by atoms with Gasteiger partial charge in [-0.05, 0) is 19.1 Å². The maximum atomic E-state index is 11.0. The van der Waals surface area contributed by atoms with E-state index in [1.165, 1.54) is 12.2 Å². The van der Waals surface area contributed by atoms with Gasteiger partial charge in [0, 0.05) is 11.6 Å². The highest BCUT2D eigenvalue weighted by Gasteiger charge is 2.01. The highest BCUT2D eigenvalue weighted by Crippen LogP contribution is 2.25. The van der Waals surface area contributed by atoms with Gasteiger partial charge in [-0.3, -0.25) is 0 Å². The van der Waals surface area contributed by atoms with Crippen molar-refractivity contribution < 1.29 is 14.6 Å². The number of benzene rings is 1. The Labute approximate surface area is 88.0 Å². The zero-order chi connectivity index (χ0) is 11.3. The van der Waals surface area contributed by atoms with Crippen molar-refractivity contribution in [1.29, 1.82) is 0 Å². The molecule has 0 spiro atoms. The Morgan fingerprint density at radius 1 is 1.60 bits per heavy atom. The summed E-state index contributed by atoms with van der Waals surface area (Å²) in [5.74, 6) is -0.475. The molecule has 0 heterocycles. The van der Waals surface area contributed by atoms with Crippen LogP contribution in [0, 0.1) is 0 Å². The first-order chi connectivity index (χ1) is 7.15. The number of ether oxygens (including phenoxy) is 1. The number of phenolic OH excluding ortho intramolecular Hbond substituents is 1. The Balaban J connectivity index is 2.81. The van der Waals surface area contributed by atoms with E-state index in [9.17, 15) is 9.90 Å². The standard InChI is InChI=1S/C11H13NO3/c1-2-15-10(13)7-6-8-4-3-5-9(12)11(8)14/h3-7,14H,2,12H2,1H3. The fraction of sp³-hybridized carbons (Fsp3) is 0.182. The minimum Gasteiger partial charge on any atom is -0.505 e. The number of hydrogen-bond acceptors (Lipinski definition) is 4. The third kappa shape index (κ3) is 3.02. The summed E-state index contributed by atoms with van der Waals surface area (Å²) < 4.78 is 4.70. The van der Waals surface area contributed by atoms with E-state index in [1.54, 1.807) is 25.1 Å². The van der Waals surface area contributed by atoms with Crippen LogP contribution in [0.25, 0.3) is 6.08 Å². The first-order valence-electron chi connectivity index (χ1n) is 4.57. The number of carbonyl (C=O) groups is 1. The SMILES string of the molecule is CCOC(=O)C=Cc1cccc(N)c1O. The Kier molecular flexibility index (Phi) is 3.74. The molecule has 0 aliphatic carbocycles. The van der Waals surface area contributed by atoms with E-state index in [0.717, 1.165) is 0 Å². The summed E-state index contributed by atoms with van der Waals surface area (Å²) in [6, 6.07) is 4.93. The molecule has 1 aromatic rings. The van der Waals surface area contributed by atoms with Crippen molar-refractivity contribution in [2.75, 3.05) is 12.3 Å². The Bertz CT molecular complexity index is 385. The zero-order valence-corrected chi connectivity index (χ0v) is 8.43. The molecule has 1 rings (SSSR count). The topological polar surface area (TPSA) is 72.5 Å². The molecular weight excluding hydrogens is 194 g/mol. The number of phenols is 1. The van der Waals surface area contributed by atoms with E-state index >= 15 is 0 Å². The quantitative estimate of drug-likeness (QED) is 0.341. The summed E-state index contributed by atoms with van der Waals surface area (Å²) in [6.45, 7) is 2.05. The van der Waals surface area contributed by atoms with Crippen LogP contribution >= 0.6 is 0 Å². The lowest BCUT2D eigenvalue weighted by atomic mass is 10.1. The molecule has 0 unspecified atom stereocenters. The predicted molar refractivity (Wildman–Crippen MR) is 58.2 cm³/mol. The summed E-state index contributed by atoms with van der Waals surface area (Å²) in [6.07, 6.45) is 2.71. The second-order valence-electron chi connectivity index (χ2n) is 2.87. The average Bonchev–Trinajstić information content (AvgIpc) is 2.21. The number of rotatable bonds is 3. The van der Waals surface area contributed by atoms with Crippen LogP contribution in [-0.2, 0) is 9.53 Å². The molecule has 0 saturated heterocycles. The minimum absolute atomic E-state index is 0.0296. The first-order valence-corrected chi connectivity index (χ1v) is 4.57. The van der Waals surface area contributed by atoms with Gasteiger partial charge in [0.1, 0.15) is 5.75 Å². The molecule has 0 aliphatic heterocycles. The van der Waals surface area contributed by atoms with E-state index in [4.69, 9.17) is 10.5 Å². The molecule has 15 heavy (non-hydrogen) atoms. The van der Waals surface area contributed by atoms with Crippen LogP contribution in [0.2, 0.25) is 0 Å². The van der Waals surface area contributed by atoms with Crippen molar-refractivity contribution >= 4 is 17.7 Å². The van der Waals surface area contributed by atoms with E-state index in [-0.39, 0.29) is 11.4 Å². The van der Waals surface area contributed by atoms with Gasteiger partial charge in [-0.2, -0.15) is 0 Å². The zero-order valence-electron chi connectivity index (χ0n) is 8.43. The number of nitrogen functional groups attached to an aromatic ring is 1. The van der Waals surface area contributed by atoms with Crippen molar-refractivity contribution in [3.8, 4) is 5.75 Å². The van der Waals surface area contributed by atoms with Gasteiger partial charge >= 0.3 is 5.97 Å². The van der Waals surface area contributed by atoms with Crippen molar-refractivity contribution in [1.82, 2.24) is 0 Å². The molecule has 0 amide bonds. The van der Waals surface area contributed by atoms with Gasteiger partial charge in [0.2, 0.25) is 0 Å². The average molecular weight is 207 g/mol. The molecule has 4 nitrogen and oxygen atoms in total. The van der Waals surface area contributed by atoms with E-state index < -0.39 is 5.97 Å². The second kappa shape index (κ2) is 5.05. The lowest BCUT2D eigenvalue weighted by Gasteiger charge is -2.01. The van der Waals surface area contributed by atoms with Crippen LogP contribution in [-0.4, -0.2) is 17.7 Å². The fourth-order valence-electron chi connectivity index (χ4n) is 1.06. The van der Waals surface area contributed by atoms with Crippen LogP contribution in [0.15, 0.2) is 24.3 Å². The Morgan fingerprint density at radius 3 is 3.00 bits per heavy atom. The van der Waals surface area contributed by atoms with Gasteiger partial charge in [0.15, 0.2) is 0 Å². The van der Waals surface area contributed by atoms with E-state index in [1.807, 2.05) is 0 Å². The molecule has 0 aromatic heterocycles. The third-order valence-corrected chi connectivity index (χ3v) is 1.78. The number of para-hydroxylation sites is 1. The van der Waals surface area contributed by atoms with Gasteiger partial charge in [0.25, 0.3) is 0 Å². The monoisotopic (exact) mass is 207 g/mol. The molecule has 0 fully saturated rings. The highest BCUT2D eigenvalue weighted by atomic mass is 16.5. The second-order valence-corrected chi connectivity index (χ2v) is 2.87. The van der Waals surface area contributed by atoms with Crippen LogP contribution in [0.1, 0.15) is 12.5 Å². The number of nitrogens with two attached hydrogens (primary N) is 1. The number of aromatic hydroxyl groups is 1. The van der Waals surface area contributed by atoms with Gasteiger partial charge in [-0.1, -0.05) is 12.1 Å². The molecule has 0 aliphatic rings. The molecule has 0 saturated carbocycles. The smallest absolute Gasteiger partial charge is 0.330 e. The molecule has 3 N–H and O–H groups in total. The Morgan fingerprint density at radius 2 is 2.33 bits per heavy atom. The molecule has 0 bridgehead atoms. The van der Waals surface area contributed by atoms with Crippen LogP contribution in [0.3, 0.4) is 0 Å². The number of carbonyl (C=O) groups excluding carboxylic acids is 1. The van der Waals surface area contributed by atoms with Crippen LogP contribution in [0.4, 0.5) is 5.69 Å². The lowest BCUT2D eigenvalue weighted by molar-refractivity contribution is -0.137. The minimum atomic E-state index is -0.445. The number of esters is 1. The molecule has 0 radical (unpaired) electrons.